The third-order valence-corrected chi connectivity index (χ3v) is 2.33. The van der Waals surface area contributed by atoms with E-state index in [-0.39, 0.29) is 0 Å². The fourth-order valence-electron chi connectivity index (χ4n) is 1.63. The highest BCUT2D eigenvalue weighted by Gasteiger charge is 2.06. The first-order chi connectivity index (χ1) is 7.33. The first-order valence-electron chi connectivity index (χ1n) is 5.45. The van der Waals surface area contributed by atoms with Crippen LogP contribution in [0.4, 0.5) is 5.69 Å². The van der Waals surface area contributed by atoms with E-state index in [1.54, 1.807) is 0 Å². The number of rotatable bonds is 4. The van der Waals surface area contributed by atoms with Crippen molar-refractivity contribution in [2.75, 3.05) is 4.81 Å². The van der Waals surface area contributed by atoms with E-state index in [0.717, 1.165) is 7.41 Å². The van der Waals surface area contributed by atoms with E-state index >= 15 is 0 Å². The average molecular weight is 199 g/mol. The van der Waals surface area contributed by atoms with Gasteiger partial charge in [-0.3, -0.25) is 0 Å². The molecule has 0 heterocycles. The second-order valence-corrected chi connectivity index (χ2v) is 3.29. The van der Waals surface area contributed by atoms with Crippen LogP contribution in [0.2, 0.25) is 6.82 Å². The lowest BCUT2D eigenvalue weighted by atomic mass is 9.93. The fraction of sp³-hybridized carbons (Fsp3) is 0.231. The largest absolute Gasteiger partial charge is 0.391 e. The van der Waals surface area contributed by atoms with E-state index < -0.39 is 0 Å². The lowest BCUT2D eigenvalue weighted by molar-refractivity contribution is 1.29. The van der Waals surface area contributed by atoms with Gasteiger partial charge in [0.15, 0.2) is 0 Å². The monoisotopic (exact) mass is 199 g/mol. The molecule has 0 amide bonds. The van der Waals surface area contributed by atoms with Gasteiger partial charge in [-0.15, -0.1) is 0 Å². The standard InChI is InChI=1S/C13H18BN/c1-4-9-12(5-2)15(14-3)13-10-7-6-8-11-13/h4-11,14H,1-3H3/b9-4-,12-5+. The summed E-state index contributed by atoms with van der Waals surface area (Å²) in [6.07, 6.45) is 6.34. The summed E-state index contributed by atoms with van der Waals surface area (Å²) >= 11 is 0. The van der Waals surface area contributed by atoms with Crippen LogP contribution in [0.5, 0.6) is 0 Å². The Kier molecular flexibility index (Phi) is 4.75. The zero-order valence-corrected chi connectivity index (χ0v) is 9.77. The molecule has 0 N–H and O–H groups in total. The summed E-state index contributed by atoms with van der Waals surface area (Å²) in [5.41, 5.74) is 2.48. The number of hydrogen-bond acceptors (Lipinski definition) is 1. The maximum atomic E-state index is 2.29. The van der Waals surface area contributed by atoms with Crippen molar-refractivity contribution in [3.63, 3.8) is 0 Å². The van der Waals surface area contributed by atoms with Crippen LogP contribution in [0.25, 0.3) is 0 Å². The molecule has 0 aromatic heterocycles. The molecule has 1 aromatic carbocycles. The van der Waals surface area contributed by atoms with Crippen LogP contribution in [-0.2, 0) is 0 Å². The van der Waals surface area contributed by atoms with E-state index in [1.165, 1.54) is 11.4 Å². The van der Waals surface area contributed by atoms with Crippen molar-refractivity contribution in [3.8, 4) is 0 Å². The van der Waals surface area contributed by atoms with Crippen molar-refractivity contribution in [2.24, 2.45) is 0 Å². The van der Waals surface area contributed by atoms with Gasteiger partial charge >= 0.3 is 0 Å². The van der Waals surface area contributed by atoms with E-state index in [2.05, 4.69) is 61.1 Å². The normalized spacial score (nSPS) is 11.8. The van der Waals surface area contributed by atoms with Crippen molar-refractivity contribution < 1.29 is 0 Å². The molecule has 1 aromatic rings. The second kappa shape index (κ2) is 6.12. The smallest absolute Gasteiger partial charge is 0.239 e. The van der Waals surface area contributed by atoms with Crippen LogP contribution in [-0.4, -0.2) is 7.41 Å². The first-order valence-corrected chi connectivity index (χ1v) is 5.45. The Hall–Kier alpha value is -1.44. The van der Waals surface area contributed by atoms with Gasteiger partial charge < -0.3 is 4.81 Å². The van der Waals surface area contributed by atoms with Crippen LogP contribution in [0.1, 0.15) is 13.8 Å². The van der Waals surface area contributed by atoms with Gasteiger partial charge in [-0.25, -0.2) is 0 Å². The van der Waals surface area contributed by atoms with E-state index in [0.29, 0.717) is 0 Å². The number of benzene rings is 1. The number of nitrogens with zero attached hydrogens (tertiary/aromatic N) is 1. The molecule has 1 rings (SSSR count). The molecule has 0 aliphatic rings. The molecule has 0 saturated heterocycles. The zero-order valence-electron chi connectivity index (χ0n) is 9.77. The molecule has 0 aliphatic carbocycles. The molecule has 2 heteroatoms. The van der Waals surface area contributed by atoms with Gasteiger partial charge in [0.05, 0.1) is 0 Å². The summed E-state index contributed by atoms with van der Waals surface area (Å²) in [5.74, 6) is 0. The van der Waals surface area contributed by atoms with Crippen molar-refractivity contribution in [1.82, 2.24) is 0 Å². The highest BCUT2D eigenvalue weighted by atomic mass is 15.1. The predicted molar refractivity (Wildman–Crippen MR) is 70.5 cm³/mol. The molecule has 0 aliphatic heterocycles. The van der Waals surface area contributed by atoms with Gasteiger partial charge in [-0.05, 0) is 32.1 Å². The molecular weight excluding hydrogens is 181 g/mol. The first kappa shape index (κ1) is 11.6. The maximum Gasteiger partial charge on any atom is 0.239 e. The SMILES string of the molecule is CBN(C(/C=C\C)=C/C)c1ccccc1. The summed E-state index contributed by atoms with van der Waals surface area (Å²) < 4.78 is 0. The molecule has 0 unspecified atom stereocenters. The molecule has 0 radical (unpaired) electrons. The third-order valence-electron chi connectivity index (χ3n) is 2.33. The fourth-order valence-corrected chi connectivity index (χ4v) is 1.63. The Bertz CT molecular complexity index is 341. The van der Waals surface area contributed by atoms with Crippen molar-refractivity contribution in [3.05, 3.63) is 54.3 Å². The summed E-state index contributed by atoms with van der Waals surface area (Å²) in [6.45, 7) is 6.28. The maximum absolute atomic E-state index is 2.29. The molecule has 0 spiro atoms. The highest BCUT2D eigenvalue weighted by molar-refractivity contribution is 6.41. The summed E-state index contributed by atoms with van der Waals surface area (Å²) in [4.78, 5) is 2.29. The van der Waals surface area contributed by atoms with Crippen LogP contribution in [0.15, 0.2) is 54.3 Å². The Balaban J connectivity index is 2.98. The minimum Gasteiger partial charge on any atom is -0.391 e. The summed E-state index contributed by atoms with van der Waals surface area (Å²) in [5, 5.41) is 0. The average Bonchev–Trinajstić information content (AvgIpc) is 2.30. The van der Waals surface area contributed by atoms with Gasteiger partial charge in [-0.2, -0.15) is 0 Å². The van der Waals surface area contributed by atoms with Gasteiger partial charge in [-0.1, -0.05) is 37.2 Å². The Morgan fingerprint density at radius 1 is 1.20 bits per heavy atom. The topological polar surface area (TPSA) is 3.24 Å². The molecule has 78 valence electrons. The lowest BCUT2D eigenvalue weighted by Gasteiger charge is -2.24. The molecule has 0 bridgehead atoms. The van der Waals surface area contributed by atoms with E-state index in [9.17, 15) is 0 Å². The van der Waals surface area contributed by atoms with Gasteiger partial charge in [0.2, 0.25) is 7.41 Å². The molecule has 1 nitrogen and oxygen atoms in total. The molecule has 0 fully saturated rings. The van der Waals surface area contributed by atoms with Crippen molar-refractivity contribution in [2.45, 2.75) is 20.7 Å². The zero-order chi connectivity index (χ0) is 11.1. The second-order valence-electron chi connectivity index (χ2n) is 3.29. The lowest BCUT2D eigenvalue weighted by Crippen LogP contribution is -2.23. The molecule has 0 saturated carbocycles. The minimum atomic E-state index is 0.980. The van der Waals surface area contributed by atoms with E-state index in [4.69, 9.17) is 0 Å². The van der Waals surface area contributed by atoms with Crippen LogP contribution < -0.4 is 4.81 Å². The Morgan fingerprint density at radius 3 is 2.33 bits per heavy atom. The van der Waals surface area contributed by atoms with Crippen LogP contribution in [0, 0.1) is 0 Å². The minimum absolute atomic E-state index is 0.980. The number of para-hydroxylation sites is 1. The molecule has 15 heavy (non-hydrogen) atoms. The Morgan fingerprint density at radius 2 is 1.87 bits per heavy atom. The van der Waals surface area contributed by atoms with Gasteiger partial charge in [0, 0.05) is 11.4 Å². The summed E-state index contributed by atoms with van der Waals surface area (Å²) in [7, 11) is 0.980. The van der Waals surface area contributed by atoms with Crippen LogP contribution in [0.3, 0.4) is 0 Å². The van der Waals surface area contributed by atoms with Gasteiger partial charge in [0.25, 0.3) is 0 Å². The third kappa shape index (κ3) is 3.02. The quantitative estimate of drug-likeness (QED) is 0.530. The highest BCUT2D eigenvalue weighted by Crippen LogP contribution is 2.18. The van der Waals surface area contributed by atoms with Crippen molar-refractivity contribution >= 4 is 13.1 Å². The Labute approximate surface area is 93.4 Å². The number of allylic oxidation sites excluding steroid dienone is 3. The summed E-state index contributed by atoms with van der Waals surface area (Å²) in [6, 6.07) is 10.5. The van der Waals surface area contributed by atoms with Gasteiger partial charge in [0.1, 0.15) is 0 Å². The predicted octanol–water partition coefficient (Wildman–Crippen LogP) is 3.37. The molecule has 0 atom stereocenters. The number of hydrogen-bond donors (Lipinski definition) is 0. The molecular formula is C13H18BN. The van der Waals surface area contributed by atoms with E-state index in [1.807, 2.05) is 13.0 Å². The number of anilines is 1. The van der Waals surface area contributed by atoms with Crippen molar-refractivity contribution in [1.29, 1.82) is 0 Å². The van der Waals surface area contributed by atoms with Crippen LogP contribution >= 0.6 is 0 Å².